The van der Waals surface area contributed by atoms with Crippen LogP contribution in [0.25, 0.3) is 0 Å². The molecule has 114 valence electrons. The Bertz CT molecular complexity index is 677. The smallest absolute Gasteiger partial charge is 0.341 e. The lowest BCUT2D eigenvalue weighted by atomic mass is 10.1. The van der Waals surface area contributed by atoms with E-state index >= 15 is 0 Å². The topological polar surface area (TPSA) is 55.8 Å². The van der Waals surface area contributed by atoms with Crippen molar-refractivity contribution in [2.45, 2.75) is 13.3 Å². The predicted octanol–water partition coefficient (Wildman–Crippen LogP) is 4.09. The highest BCUT2D eigenvalue weighted by Crippen LogP contribution is 2.33. The Kier molecular flexibility index (Phi) is 5.20. The number of phenols is 1. The zero-order valence-electron chi connectivity index (χ0n) is 12.4. The predicted molar refractivity (Wildman–Crippen MR) is 84.5 cm³/mol. The number of para-hydroxylation sites is 1. The van der Waals surface area contributed by atoms with Crippen LogP contribution in [0.2, 0.25) is 0 Å². The number of aromatic hydroxyl groups is 1. The molecule has 0 spiro atoms. The molecule has 0 heterocycles. The van der Waals surface area contributed by atoms with Crippen LogP contribution < -0.4 is 4.74 Å². The number of hydrogen-bond acceptors (Lipinski definition) is 4. The average Bonchev–Trinajstić information content (AvgIpc) is 2.51. The second kappa shape index (κ2) is 7.31. The number of rotatable bonds is 6. The summed E-state index contributed by atoms with van der Waals surface area (Å²) in [6.45, 7) is 5.72. The molecule has 0 aliphatic heterocycles. The van der Waals surface area contributed by atoms with Crippen LogP contribution in [-0.4, -0.2) is 17.7 Å². The number of carbonyl (C=O) groups excluding carboxylic acids is 1. The molecule has 0 saturated heterocycles. The highest BCUT2D eigenvalue weighted by molar-refractivity contribution is 5.92. The van der Waals surface area contributed by atoms with Crippen molar-refractivity contribution in [1.82, 2.24) is 0 Å². The number of hydrogen-bond donors (Lipinski definition) is 1. The van der Waals surface area contributed by atoms with Gasteiger partial charge in [0.25, 0.3) is 0 Å². The van der Waals surface area contributed by atoms with Crippen molar-refractivity contribution in [2.75, 3.05) is 6.61 Å². The number of ether oxygens (including phenoxy) is 2. The third kappa shape index (κ3) is 3.47. The van der Waals surface area contributed by atoms with Gasteiger partial charge in [0.05, 0.1) is 6.61 Å². The second-order valence-corrected chi connectivity index (χ2v) is 4.57. The highest BCUT2D eigenvalue weighted by Gasteiger charge is 2.15. The van der Waals surface area contributed by atoms with Gasteiger partial charge in [0.15, 0.2) is 0 Å². The molecular weight excluding hydrogens is 280 g/mol. The standard InChI is InChI=1S/C18H18O4/c1-3-8-13-15(19)10-7-12-16(13)22-17-11-6-5-9-14(17)18(20)21-4-2/h3,5-7,9-12,19H,1,4,8H2,2H3. The number of esters is 1. The summed E-state index contributed by atoms with van der Waals surface area (Å²) in [5.41, 5.74) is 0.966. The quantitative estimate of drug-likeness (QED) is 0.644. The van der Waals surface area contributed by atoms with Crippen LogP contribution in [0.15, 0.2) is 55.1 Å². The van der Waals surface area contributed by atoms with E-state index in [9.17, 15) is 9.90 Å². The average molecular weight is 298 g/mol. The SMILES string of the molecule is C=CCc1c(O)cccc1Oc1ccccc1C(=O)OCC. The fraction of sp³-hybridized carbons (Fsp3) is 0.167. The molecule has 1 N–H and O–H groups in total. The summed E-state index contributed by atoms with van der Waals surface area (Å²) < 4.78 is 10.9. The van der Waals surface area contributed by atoms with Crippen molar-refractivity contribution in [2.24, 2.45) is 0 Å². The van der Waals surface area contributed by atoms with E-state index in [-0.39, 0.29) is 5.75 Å². The Morgan fingerprint density at radius 1 is 1.18 bits per heavy atom. The van der Waals surface area contributed by atoms with Gasteiger partial charge in [0.1, 0.15) is 22.8 Å². The van der Waals surface area contributed by atoms with Gasteiger partial charge >= 0.3 is 5.97 Å². The van der Waals surface area contributed by atoms with Crippen LogP contribution >= 0.6 is 0 Å². The molecule has 0 amide bonds. The van der Waals surface area contributed by atoms with Gasteiger partial charge in [-0.25, -0.2) is 4.79 Å². The fourth-order valence-electron chi connectivity index (χ4n) is 2.05. The van der Waals surface area contributed by atoms with Crippen molar-refractivity contribution >= 4 is 5.97 Å². The van der Waals surface area contributed by atoms with Gasteiger partial charge in [0.2, 0.25) is 0 Å². The summed E-state index contributed by atoms with van der Waals surface area (Å²) >= 11 is 0. The van der Waals surface area contributed by atoms with Gasteiger partial charge in [0, 0.05) is 5.56 Å². The minimum atomic E-state index is -0.441. The summed E-state index contributed by atoms with van der Waals surface area (Å²) in [5, 5.41) is 9.94. The first-order valence-electron chi connectivity index (χ1n) is 7.03. The van der Waals surface area contributed by atoms with Crippen LogP contribution in [0.5, 0.6) is 17.2 Å². The first-order valence-corrected chi connectivity index (χ1v) is 7.03. The molecule has 0 aliphatic carbocycles. The van der Waals surface area contributed by atoms with Gasteiger partial charge in [-0.3, -0.25) is 0 Å². The maximum atomic E-state index is 12.0. The zero-order valence-corrected chi connectivity index (χ0v) is 12.4. The summed E-state index contributed by atoms with van der Waals surface area (Å²) in [4.78, 5) is 12.0. The number of benzene rings is 2. The van der Waals surface area contributed by atoms with E-state index in [4.69, 9.17) is 9.47 Å². The molecule has 2 rings (SSSR count). The van der Waals surface area contributed by atoms with Crippen molar-refractivity contribution in [3.8, 4) is 17.2 Å². The summed E-state index contributed by atoms with van der Waals surface area (Å²) in [5.74, 6) is 0.558. The molecule has 0 fully saturated rings. The molecule has 2 aromatic rings. The van der Waals surface area contributed by atoms with E-state index in [1.54, 1.807) is 55.5 Å². The lowest BCUT2D eigenvalue weighted by Gasteiger charge is -2.14. The Morgan fingerprint density at radius 2 is 1.91 bits per heavy atom. The van der Waals surface area contributed by atoms with E-state index in [0.717, 1.165) is 0 Å². The van der Waals surface area contributed by atoms with Crippen molar-refractivity contribution in [3.05, 3.63) is 66.2 Å². The molecule has 4 nitrogen and oxygen atoms in total. The molecule has 0 unspecified atom stereocenters. The van der Waals surface area contributed by atoms with E-state index in [1.807, 2.05) is 0 Å². The Morgan fingerprint density at radius 3 is 2.64 bits per heavy atom. The fourth-order valence-corrected chi connectivity index (χ4v) is 2.05. The monoisotopic (exact) mass is 298 g/mol. The molecule has 2 aromatic carbocycles. The first-order chi connectivity index (χ1) is 10.7. The Hall–Kier alpha value is -2.75. The van der Waals surface area contributed by atoms with Gasteiger partial charge < -0.3 is 14.6 Å². The van der Waals surface area contributed by atoms with E-state index in [1.165, 1.54) is 0 Å². The lowest BCUT2D eigenvalue weighted by molar-refractivity contribution is 0.0523. The number of phenolic OH excluding ortho intramolecular Hbond substituents is 1. The van der Waals surface area contributed by atoms with Crippen LogP contribution in [-0.2, 0) is 11.2 Å². The van der Waals surface area contributed by atoms with E-state index < -0.39 is 5.97 Å². The van der Waals surface area contributed by atoms with Gasteiger partial charge in [-0.1, -0.05) is 24.3 Å². The number of carbonyl (C=O) groups is 1. The van der Waals surface area contributed by atoms with Crippen LogP contribution in [0.3, 0.4) is 0 Å². The third-order valence-corrected chi connectivity index (χ3v) is 3.06. The molecular formula is C18H18O4. The van der Waals surface area contributed by atoms with Crippen LogP contribution in [0.4, 0.5) is 0 Å². The Balaban J connectivity index is 2.38. The molecule has 0 saturated carbocycles. The molecule has 0 atom stereocenters. The normalized spacial score (nSPS) is 10.0. The van der Waals surface area contributed by atoms with Crippen LogP contribution in [0.1, 0.15) is 22.8 Å². The molecule has 22 heavy (non-hydrogen) atoms. The minimum absolute atomic E-state index is 0.131. The van der Waals surface area contributed by atoms with Crippen LogP contribution in [0, 0.1) is 0 Å². The maximum absolute atomic E-state index is 12.0. The summed E-state index contributed by atoms with van der Waals surface area (Å²) in [6.07, 6.45) is 2.14. The summed E-state index contributed by atoms with van der Waals surface area (Å²) in [7, 11) is 0. The summed E-state index contributed by atoms with van der Waals surface area (Å²) in [6, 6.07) is 11.9. The molecule has 0 radical (unpaired) electrons. The maximum Gasteiger partial charge on any atom is 0.341 e. The number of allylic oxidation sites excluding steroid dienone is 1. The molecule has 0 aromatic heterocycles. The largest absolute Gasteiger partial charge is 0.508 e. The zero-order chi connectivity index (χ0) is 15.9. The minimum Gasteiger partial charge on any atom is -0.508 e. The third-order valence-electron chi connectivity index (χ3n) is 3.06. The van der Waals surface area contributed by atoms with E-state index in [0.29, 0.717) is 35.7 Å². The molecule has 0 bridgehead atoms. The van der Waals surface area contributed by atoms with Crippen molar-refractivity contribution < 1.29 is 19.4 Å². The van der Waals surface area contributed by atoms with Gasteiger partial charge in [-0.05, 0) is 37.6 Å². The van der Waals surface area contributed by atoms with Gasteiger partial charge in [-0.15, -0.1) is 6.58 Å². The molecule has 0 aliphatic rings. The second-order valence-electron chi connectivity index (χ2n) is 4.57. The Labute approximate surface area is 129 Å². The van der Waals surface area contributed by atoms with E-state index in [2.05, 4.69) is 6.58 Å². The first kappa shape index (κ1) is 15.6. The highest BCUT2D eigenvalue weighted by atomic mass is 16.5. The van der Waals surface area contributed by atoms with Crippen molar-refractivity contribution in [1.29, 1.82) is 0 Å². The van der Waals surface area contributed by atoms with Crippen molar-refractivity contribution in [3.63, 3.8) is 0 Å². The van der Waals surface area contributed by atoms with Gasteiger partial charge in [-0.2, -0.15) is 0 Å². The molecule has 4 heteroatoms. The lowest BCUT2D eigenvalue weighted by Crippen LogP contribution is -2.06.